The van der Waals surface area contributed by atoms with Crippen molar-refractivity contribution in [1.29, 1.82) is 0 Å². The topological polar surface area (TPSA) is 75.7 Å². The number of carbonyl (C=O) groups is 2. The van der Waals surface area contributed by atoms with Crippen molar-refractivity contribution in [2.24, 2.45) is 0 Å². The van der Waals surface area contributed by atoms with Crippen LogP contribution in [0.25, 0.3) is 0 Å². The van der Waals surface area contributed by atoms with Gasteiger partial charge in [-0.2, -0.15) is 8.78 Å². The molecule has 132 valence electrons. The molecule has 25 heavy (non-hydrogen) atoms. The van der Waals surface area contributed by atoms with Crippen LogP contribution in [0.3, 0.4) is 0 Å². The van der Waals surface area contributed by atoms with E-state index in [4.69, 9.17) is 9.47 Å². The molecule has 2 aromatic rings. The van der Waals surface area contributed by atoms with Gasteiger partial charge in [0.2, 0.25) is 0 Å². The Hall–Kier alpha value is -2.23. The smallest absolute Gasteiger partial charge is 0.339 e. The lowest BCUT2D eigenvalue weighted by Crippen LogP contribution is -2.47. The SMILES string of the molecule is COc1ccc(C(=O)OC(c2ccccc2)C(F)(F)C(=O)[O-])cc1I. The second-order valence-corrected chi connectivity index (χ2v) is 6.12. The molecule has 0 radical (unpaired) electrons. The Morgan fingerprint density at radius 2 is 1.80 bits per heavy atom. The minimum Gasteiger partial charge on any atom is -0.544 e. The highest BCUT2D eigenvalue weighted by molar-refractivity contribution is 14.1. The molecule has 0 amide bonds. The zero-order chi connectivity index (χ0) is 18.6. The first-order valence-corrected chi connectivity index (χ1v) is 8.04. The van der Waals surface area contributed by atoms with Crippen LogP contribution in [-0.4, -0.2) is 25.0 Å². The Kier molecular flexibility index (Phi) is 5.93. The number of halogens is 3. The third kappa shape index (κ3) is 4.25. The first-order valence-electron chi connectivity index (χ1n) is 6.96. The number of carboxylic acid groups (broad SMARTS) is 1. The van der Waals surface area contributed by atoms with Gasteiger partial charge in [-0.3, -0.25) is 0 Å². The Bertz CT molecular complexity index is 780. The van der Waals surface area contributed by atoms with Crippen LogP contribution in [0, 0.1) is 3.57 Å². The summed E-state index contributed by atoms with van der Waals surface area (Å²) < 4.78 is 38.5. The summed E-state index contributed by atoms with van der Waals surface area (Å²) in [5.41, 5.74) is -0.173. The number of esters is 1. The summed E-state index contributed by atoms with van der Waals surface area (Å²) in [7, 11) is 1.45. The summed E-state index contributed by atoms with van der Waals surface area (Å²) in [5.74, 6) is -7.61. The molecule has 0 bridgehead atoms. The van der Waals surface area contributed by atoms with Crippen molar-refractivity contribution in [3.63, 3.8) is 0 Å². The molecule has 2 aromatic carbocycles. The minimum atomic E-state index is -4.39. The second kappa shape index (κ2) is 7.77. The van der Waals surface area contributed by atoms with E-state index in [1.165, 1.54) is 49.6 Å². The largest absolute Gasteiger partial charge is 0.544 e. The van der Waals surface area contributed by atoms with E-state index in [1.54, 1.807) is 6.07 Å². The van der Waals surface area contributed by atoms with E-state index >= 15 is 0 Å². The monoisotopic (exact) mass is 461 g/mol. The zero-order valence-corrected chi connectivity index (χ0v) is 15.0. The standard InChI is InChI=1S/C17H13F2IO5/c1-24-13-8-7-11(9-12(13)20)15(21)25-14(17(18,19)16(22)23)10-5-3-2-4-6-10/h2-9,14H,1H3,(H,22,23)/p-1. The zero-order valence-electron chi connectivity index (χ0n) is 12.9. The van der Waals surface area contributed by atoms with E-state index in [0.717, 1.165) is 0 Å². The Morgan fingerprint density at radius 1 is 1.16 bits per heavy atom. The highest BCUT2D eigenvalue weighted by atomic mass is 127. The molecule has 1 atom stereocenters. The molecule has 0 aliphatic carbocycles. The fourth-order valence-corrected chi connectivity index (χ4v) is 2.79. The first-order chi connectivity index (χ1) is 11.8. The molecule has 1 unspecified atom stereocenters. The van der Waals surface area contributed by atoms with Gasteiger partial charge in [-0.15, -0.1) is 0 Å². The summed E-state index contributed by atoms with van der Waals surface area (Å²) in [5, 5.41) is 10.8. The van der Waals surface area contributed by atoms with Crippen LogP contribution < -0.4 is 9.84 Å². The van der Waals surface area contributed by atoms with E-state index in [-0.39, 0.29) is 11.1 Å². The van der Waals surface area contributed by atoms with Crippen LogP contribution in [0.15, 0.2) is 48.5 Å². The van der Waals surface area contributed by atoms with Crippen molar-refractivity contribution in [1.82, 2.24) is 0 Å². The molecular weight excluding hydrogens is 449 g/mol. The molecule has 0 aliphatic heterocycles. The number of aliphatic carboxylic acids is 1. The number of methoxy groups -OCH3 is 1. The van der Waals surface area contributed by atoms with Crippen molar-refractivity contribution >= 4 is 34.5 Å². The van der Waals surface area contributed by atoms with Crippen molar-refractivity contribution in [3.05, 3.63) is 63.2 Å². The number of hydrogen-bond donors (Lipinski definition) is 0. The number of carbonyl (C=O) groups excluding carboxylic acids is 2. The van der Waals surface area contributed by atoms with Crippen LogP contribution in [0.5, 0.6) is 5.75 Å². The molecule has 5 nitrogen and oxygen atoms in total. The third-order valence-corrected chi connectivity index (χ3v) is 4.16. The number of rotatable bonds is 6. The van der Waals surface area contributed by atoms with Gasteiger partial charge in [0.05, 0.1) is 16.2 Å². The van der Waals surface area contributed by atoms with Crippen molar-refractivity contribution in [2.75, 3.05) is 7.11 Å². The summed E-state index contributed by atoms with van der Waals surface area (Å²) >= 11 is 1.91. The minimum absolute atomic E-state index is 0.0136. The normalized spacial score (nSPS) is 12.3. The summed E-state index contributed by atoms with van der Waals surface area (Å²) in [4.78, 5) is 23.1. The summed E-state index contributed by atoms with van der Waals surface area (Å²) in [6.45, 7) is 0. The number of hydrogen-bond acceptors (Lipinski definition) is 5. The molecule has 2 rings (SSSR count). The number of alkyl halides is 2. The van der Waals surface area contributed by atoms with Gasteiger partial charge in [-0.05, 0) is 46.4 Å². The van der Waals surface area contributed by atoms with Crippen molar-refractivity contribution < 1.29 is 33.0 Å². The maximum absolute atomic E-state index is 14.0. The molecular formula is C17H12F2IO5-. The van der Waals surface area contributed by atoms with Crippen LogP contribution >= 0.6 is 22.6 Å². The lowest BCUT2D eigenvalue weighted by molar-refractivity contribution is -0.336. The van der Waals surface area contributed by atoms with Crippen LogP contribution in [-0.2, 0) is 9.53 Å². The summed E-state index contributed by atoms with van der Waals surface area (Å²) in [6.07, 6.45) is -2.31. The highest BCUT2D eigenvalue weighted by Gasteiger charge is 2.45. The summed E-state index contributed by atoms with van der Waals surface area (Å²) in [6, 6.07) is 11.1. The van der Waals surface area contributed by atoms with E-state index in [0.29, 0.717) is 9.32 Å². The van der Waals surface area contributed by atoms with Gasteiger partial charge in [0.1, 0.15) is 11.7 Å². The van der Waals surface area contributed by atoms with E-state index in [9.17, 15) is 23.5 Å². The Morgan fingerprint density at radius 3 is 2.32 bits per heavy atom. The van der Waals surface area contributed by atoms with Gasteiger partial charge in [-0.1, -0.05) is 30.3 Å². The molecule has 0 fully saturated rings. The van der Waals surface area contributed by atoms with Gasteiger partial charge in [0.15, 0.2) is 6.10 Å². The van der Waals surface area contributed by atoms with Crippen molar-refractivity contribution in [3.8, 4) is 5.75 Å². The Balaban J connectivity index is 2.35. The molecule has 0 saturated carbocycles. The number of carboxylic acids is 1. The predicted octanol–water partition coefficient (Wildman–Crippen LogP) is 2.58. The van der Waals surface area contributed by atoms with E-state index in [1.807, 2.05) is 22.6 Å². The molecule has 0 heterocycles. The van der Waals surface area contributed by atoms with Gasteiger partial charge in [0, 0.05) is 0 Å². The fourth-order valence-electron chi connectivity index (χ4n) is 2.05. The van der Waals surface area contributed by atoms with E-state index < -0.39 is 24.0 Å². The molecule has 0 spiro atoms. The average molecular weight is 461 g/mol. The van der Waals surface area contributed by atoms with Gasteiger partial charge in [0.25, 0.3) is 0 Å². The maximum atomic E-state index is 14.0. The molecule has 0 saturated heterocycles. The quantitative estimate of drug-likeness (QED) is 0.489. The Labute approximate surface area is 155 Å². The molecule has 0 aromatic heterocycles. The van der Waals surface area contributed by atoms with Gasteiger partial charge in [-0.25, -0.2) is 4.79 Å². The van der Waals surface area contributed by atoms with Crippen LogP contribution in [0.1, 0.15) is 22.0 Å². The average Bonchev–Trinajstić information content (AvgIpc) is 2.59. The molecule has 8 heteroatoms. The van der Waals surface area contributed by atoms with E-state index in [2.05, 4.69) is 0 Å². The second-order valence-electron chi connectivity index (χ2n) is 4.96. The number of benzene rings is 2. The maximum Gasteiger partial charge on any atom is 0.339 e. The lowest BCUT2D eigenvalue weighted by atomic mass is 10.0. The predicted molar refractivity (Wildman–Crippen MR) is 90.3 cm³/mol. The molecule has 0 N–H and O–H groups in total. The lowest BCUT2D eigenvalue weighted by Gasteiger charge is -2.27. The van der Waals surface area contributed by atoms with Gasteiger partial charge < -0.3 is 19.4 Å². The number of ether oxygens (including phenoxy) is 2. The van der Waals surface area contributed by atoms with Crippen molar-refractivity contribution in [2.45, 2.75) is 12.0 Å². The fraction of sp³-hybridized carbons (Fsp3) is 0.176. The van der Waals surface area contributed by atoms with Crippen LogP contribution in [0.4, 0.5) is 8.78 Å². The van der Waals surface area contributed by atoms with Gasteiger partial charge >= 0.3 is 11.9 Å². The molecule has 0 aliphatic rings. The van der Waals surface area contributed by atoms with Crippen LogP contribution in [0.2, 0.25) is 0 Å². The third-order valence-electron chi connectivity index (χ3n) is 3.32. The first kappa shape index (κ1) is 19.1. The highest BCUT2D eigenvalue weighted by Crippen LogP contribution is 2.35.